The minimum atomic E-state index is -0.973. The van der Waals surface area contributed by atoms with Gasteiger partial charge in [0, 0.05) is 0 Å². The molecule has 0 fully saturated rings. The first-order valence-corrected chi connectivity index (χ1v) is 11.1. The van der Waals surface area contributed by atoms with Crippen molar-refractivity contribution in [3.8, 4) is 0 Å². The molecule has 1 aliphatic carbocycles. The van der Waals surface area contributed by atoms with Gasteiger partial charge in [-0.15, -0.1) is 0 Å². The van der Waals surface area contributed by atoms with Gasteiger partial charge in [-0.05, 0) is 0 Å². The number of carbonyl (C=O) groups excluding carboxylic acids is 2. The van der Waals surface area contributed by atoms with Crippen LogP contribution in [0.4, 0.5) is 0 Å². The molecule has 1 aromatic carbocycles. The van der Waals surface area contributed by atoms with Crippen molar-refractivity contribution in [2.24, 2.45) is 5.41 Å². The Labute approximate surface area is 160 Å². The first-order valence-electron chi connectivity index (χ1n) is 8.36. The van der Waals surface area contributed by atoms with E-state index in [0.29, 0.717) is 17.7 Å². The van der Waals surface area contributed by atoms with Gasteiger partial charge in [0.1, 0.15) is 0 Å². The molecule has 0 aromatic heterocycles. The molecule has 5 heteroatoms. The maximum atomic E-state index is 12.4. The number of fused-ring (bicyclic) bond motifs is 1. The fourth-order valence-corrected chi connectivity index (χ4v) is 3.97. The summed E-state index contributed by atoms with van der Waals surface area (Å²) in [6.45, 7) is 10.0. The van der Waals surface area contributed by atoms with Gasteiger partial charge in [-0.1, -0.05) is 12.1 Å². The van der Waals surface area contributed by atoms with Gasteiger partial charge in [0.05, 0.1) is 0 Å². The molecule has 0 spiro atoms. The van der Waals surface area contributed by atoms with E-state index in [9.17, 15) is 9.59 Å². The predicted octanol–water partition coefficient (Wildman–Crippen LogP) is 2.82. The molecule has 0 heterocycles. The number of benzene rings is 1. The van der Waals surface area contributed by atoms with E-state index in [1.165, 1.54) is 29.7 Å². The third-order valence-electron chi connectivity index (χ3n) is 4.22. The van der Waals surface area contributed by atoms with E-state index < -0.39 is 6.10 Å². The SMILES string of the molecule is CC(C)(COC1C(=O)c2ccccc2C1=O)CC(C)(C)NC[CH2][Pb]. The van der Waals surface area contributed by atoms with Crippen molar-refractivity contribution in [1.82, 2.24) is 5.32 Å². The Morgan fingerprint density at radius 2 is 1.62 bits per heavy atom. The van der Waals surface area contributed by atoms with E-state index in [-0.39, 0.29) is 22.5 Å². The number of Topliss-reactive ketones (excluding diaryl/α,β-unsaturated/α-hetero) is 2. The zero-order chi connectivity index (χ0) is 18.0. The first kappa shape index (κ1) is 19.7. The summed E-state index contributed by atoms with van der Waals surface area (Å²) in [5.74, 6) is -0.417. The summed E-state index contributed by atoms with van der Waals surface area (Å²) < 4.78 is 7.03. The van der Waals surface area contributed by atoms with Crippen LogP contribution in [-0.2, 0) is 4.74 Å². The van der Waals surface area contributed by atoms with Crippen LogP contribution in [0.3, 0.4) is 0 Å². The van der Waals surface area contributed by atoms with Crippen LogP contribution in [-0.4, -0.2) is 62.1 Å². The molecule has 129 valence electrons. The van der Waals surface area contributed by atoms with Gasteiger partial charge in [0.2, 0.25) is 0 Å². The Morgan fingerprint density at radius 3 is 2.12 bits per heavy atom. The second-order valence-corrected chi connectivity index (χ2v) is 9.81. The van der Waals surface area contributed by atoms with Gasteiger partial charge in [-0.25, -0.2) is 0 Å². The van der Waals surface area contributed by atoms with E-state index in [0.717, 1.165) is 13.0 Å². The van der Waals surface area contributed by atoms with Crippen molar-refractivity contribution in [2.75, 3.05) is 13.2 Å². The fourth-order valence-electron chi connectivity index (χ4n) is 3.49. The van der Waals surface area contributed by atoms with Gasteiger partial charge in [-0.2, -0.15) is 0 Å². The molecule has 2 rings (SSSR count). The van der Waals surface area contributed by atoms with Crippen molar-refractivity contribution in [3.63, 3.8) is 0 Å². The first-order chi connectivity index (χ1) is 11.2. The molecule has 1 aliphatic rings. The summed E-state index contributed by atoms with van der Waals surface area (Å²) in [5, 5.41) is 3.57. The molecular weight excluding hydrogens is 497 g/mol. The number of ketones is 2. The molecule has 1 N–H and O–H groups in total. The number of hydrogen-bond acceptors (Lipinski definition) is 4. The summed E-state index contributed by atoms with van der Waals surface area (Å²) in [7, 11) is 0. The zero-order valence-electron chi connectivity index (χ0n) is 14.9. The van der Waals surface area contributed by atoms with E-state index >= 15 is 0 Å². The average Bonchev–Trinajstić information content (AvgIpc) is 2.74. The molecule has 3 radical (unpaired) electrons. The Balaban J connectivity index is 1.98. The fraction of sp³-hybridized carbons (Fsp3) is 0.579. The molecule has 24 heavy (non-hydrogen) atoms. The van der Waals surface area contributed by atoms with Gasteiger partial charge >= 0.3 is 149 Å². The van der Waals surface area contributed by atoms with Crippen molar-refractivity contribution in [3.05, 3.63) is 35.4 Å². The molecule has 0 saturated carbocycles. The number of ether oxygens (including phenoxy) is 1. The third kappa shape index (κ3) is 4.73. The maximum absolute atomic E-state index is 12.4. The van der Waals surface area contributed by atoms with E-state index in [1.54, 1.807) is 24.3 Å². The molecule has 0 aliphatic heterocycles. The third-order valence-corrected chi connectivity index (χ3v) is 5.20. The molecule has 0 amide bonds. The number of hydrogen-bond donors (Lipinski definition) is 1. The quantitative estimate of drug-likeness (QED) is 0.421. The van der Waals surface area contributed by atoms with Crippen LogP contribution >= 0.6 is 0 Å². The molecular formula is C19H26NO3Pb. The standard InChI is InChI=1S/C19H26NO3.Pb/c1-6-20-19(4,5)11-18(2,3)12-23-17-15(21)13-9-7-8-10-14(13)16(17)22;/h7-10,17,20H,1,6,11-12H2,2-5H3;. The van der Waals surface area contributed by atoms with Crippen molar-refractivity contribution < 1.29 is 14.3 Å². The second kappa shape index (κ2) is 7.74. The molecule has 0 atom stereocenters. The van der Waals surface area contributed by atoms with E-state index in [1.807, 2.05) is 0 Å². The van der Waals surface area contributed by atoms with Gasteiger partial charge in [-0.3, -0.25) is 0 Å². The molecule has 4 nitrogen and oxygen atoms in total. The number of rotatable bonds is 8. The van der Waals surface area contributed by atoms with Gasteiger partial charge in [0.25, 0.3) is 0 Å². The monoisotopic (exact) mass is 524 g/mol. The van der Waals surface area contributed by atoms with Crippen LogP contribution in [0.15, 0.2) is 24.3 Å². The molecule has 0 saturated heterocycles. The minimum absolute atomic E-state index is 0.00390. The molecule has 1 aromatic rings. The van der Waals surface area contributed by atoms with Crippen LogP contribution in [0.25, 0.3) is 0 Å². The van der Waals surface area contributed by atoms with Crippen molar-refractivity contribution >= 4 is 37.3 Å². The normalized spacial score (nSPS) is 15.9. The van der Waals surface area contributed by atoms with Crippen LogP contribution in [0.5, 0.6) is 0 Å². The van der Waals surface area contributed by atoms with Crippen molar-refractivity contribution in [1.29, 1.82) is 0 Å². The van der Waals surface area contributed by atoms with Gasteiger partial charge in [0.15, 0.2) is 0 Å². The second-order valence-electron chi connectivity index (χ2n) is 7.87. The van der Waals surface area contributed by atoms with Crippen LogP contribution in [0.1, 0.15) is 54.8 Å². The van der Waals surface area contributed by atoms with Crippen molar-refractivity contribution in [2.45, 2.75) is 49.7 Å². The van der Waals surface area contributed by atoms with Crippen LogP contribution in [0, 0.1) is 5.41 Å². The summed E-state index contributed by atoms with van der Waals surface area (Å²) in [6.07, 6.45) is -0.0664. The van der Waals surface area contributed by atoms with Crippen LogP contribution in [0.2, 0.25) is 3.98 Å². The number of carbonyl (C=O) groups is 2. The van der Waals surface area contributed by atoms with E-state index in [4.69, 9.17) is 4.74 Å². The molecule has 0 bridgehead atoms. The Bertz CT molecular complexity index is 590. The number of nitrogens with one attached hydrogen (secondary N) is 1. The van der Waals surface area contributed by atoms with Gasteiger partial charge < -0.3 is 0 Å². The zero-order valence-corrected chi connectivity index (χ0v) is 18.8. The summed E-state index contributed by atoms with van der Waals surface area (Å²) >= 11 is 1.20. The summed E-state index contributed by atoms with van der Waals surface area (Å²) in [4.78, 5) is 24.8. The Hall–Kier alpha value is -0.598. The van der Waals surface area contributed by atoms with E-state index in [2.05, 4.69) is 33.0 Å². The Kier molecular flexibility index (Phi) is 6.36. The molecule has 0 unspecified atom stereocenters. The summed E-state index contributed by atoms with van der Waals surface area (Å²) in [6, 6.07) is 6.96. The topological polar surface area (TPSA) is 55.4 Å². The Morgan fingerprint density at radius 1 is 1.08 bits per heavy atom. The predicted molar refractivity (Wildman–Crippen MR) is 95.9 cm³/mol. The summed E-state index contributed by atoms with van der Waals surface area (Å²) in [5.41, 5.74) is 0.847. The van der Waals surface area contributed by atoms with Crippen LogP contribution < -0.4 is 5.32 Å². The average molecular weight is 524 g/mol.